The van der Waals surface area contributed by atoms with Crippen molar-refractivity contribution in [1.82, 2.24) is 29.5 Å². The van der Waals surface area contributed by atoms with Crippen LogP contribution in [0.1, 0.15) is 0 Å². The zero-order valence-electron chi connectivity index (χ0n) is 17.5. The Morgan fingerprint density at radius 3 is 2.71 bits per heavy atom. The fraction of sp³-hybridized carbons (Fsp3) is 0.333. The van der Waals surface area contributed by atoms with Gasteiger partial charge in [0.25, 0.3) is 0 Å². The van der Waals surface area contributed by atoms with Gasteiger partial charge in [0.15, 0.2) is 23.2 Å². The smallest absolute Gasteiger partial charge is 0.239 e. The molecular weight excluding hydrogens is 401 g/mol. The van der Waals surface area contributed by atoms with Gasteiger partial charge in [-0.2, -0.15) is 5.10 Å². The summed E-state index contributed by atoms with van der Waals surface area (Å²) in [6, 6.07) is 8.10. The molecule has 0 aliphatic carbocycles. The maximum absolute atomic E-state index is 14.8. The highest BCUT2D eigenvalue weighted by Gasteiger charge is 2.19. The summed E-state index contributed by atoms with van der Waals surface area (Å²) >= 11 is 0. The molecule has 1 aliphatic rings. The predicted molar refractivity (Wildman–Crippen MR) is 114 cm³/mol. The summed E-state index contributed by atoms with van der Waals surface area (Å²) in [5, 5.41) is 7.00. The molecule has 4 rings (SSSR count). The summed E-state index contributed by atoms with van der Waals surface area (Å²) in [4.78, 5) is 25.8. The summed E-state index contributed by atoms with van der Waals surface area (Å²) in [6.45, 7) is 3.75. The lowest BCUT2D eigenvalue weighted by atomic mass is 10.2. The molecule has 3 aromatic rings. The van der Waals surface area contributed by atoms with Gasteiger partial charge in [0.1, 0.15) is 5.82 Å². The molecule has 2 aromatic heterocycles. The van der Waals surface area contributed by atoms with Gasteiger partial charge in [-0.1, -0.05) is 6.07 Å². The lowest BCUT2D eigenvalue weighted by Crippen LogP contribution is -2.47. The monoisotopic (exact) mass is 425 g/mol. The van der Waals surface area contributed by atoms with E-state index in [-0.39, 0.29) is 35.4 Å². The molecule has 10 heteroatoms. The molecule has 31 heavy (non-hydrogen) atoms. The van der Waals surface area contributed by atoms with E-state index in [4.69, 9.17) is 4.74 Å². The molecule has 162 valence electrons. The Balaban J connectivity index is 1.62. The Morgan fingerprint density at radius 2 is 2.00 bits per heavy atom. The SMILES string of the molecule is COc1cccc(-c2nc(NC(=O)CN3CCN(C)CC3)cc(-n3cccn3)n2)c1F. The standard InChI is InChI=1S/C21H24FN7O2/c1-27-9-11-28(12-10-27)14-19(30)24-17-13-18(29-8-4-7-23-29)26-21(25-17)15-5-3-6-16(31-2)20(15)22/h3-8,13H,9-12,14H2,1-2H3,(H,24,25,26,30). The number of carbonyl (C=O) groups excluding carboxylic acids is 1. The van der Waals surface area contributed by atoms with Crippen LogP contribution >= 0.6 is 0 Å². The molecule has 1 aromatic carbocycles. The molecule has 1 aliphatic heterocycles. The van der Waals surface area contributed by atoms with E-state index >= 15 is 0 Å². The van der Waals surface area contributed by atoms with Crippen LogP contribution in [-0.4, -0.2) is 82.3 Å². The van der Waals surface area contributed by atoms with Crippen molar-refractivity contribution in [3.05, 3.63) is 48.5 Å². The van der Waals surface area contributed by atoms with Crippen molar-refractivity contribution in [2.24, 2.45) is 0 Å². The summed E-state index contributed by atoms with van der Waals surface area (Å²) in [7, 11) is 3.46. The van der Waals surface area contributed by atoms with Crippen LogP contribution in [0.25, 0.3) is 17.2 Å². The highest BCUT2D eigenvalue weighted by molar-refractivity contribution is 5.91. The minimum atomic E-state index is -0.572. The molecule has 3 heterocycles. The van der Waals surface area contributed by atoms with Crippen molar-refractivity contribution >= 4 is 11.7 Å². The number of piperazine rings is 1. The van der Waals surface area contributed by atoms with E-state index in [2.05, 4.69) is 37.2 Å². The maximum Gasteiger partial charge on any atom is 0.239 e. The summed E-state index contributed by atoms with van der Waals surface area (Å²) < 4.78 is 21.4. The van der Waals surface area contributed by atoms with Crippen molar-refractivity contribution in [1.29, 1.82) is 0 Å². The van der Waals surface area contributed by atoms with Crippen molar-refractivity contribution in [2.45, 2.75) is 0 Å². The number of aromatic nitrogens is 4. The molecule has 9 nitrogen and oxygen atoms in total. The molecule has 0 unspecified atom stereocenters. The van der Waals surface area contributed by atoms with Gasteiger partial charge in [-0.3, -0.25) is 9.69 Å². The number of hydrogen-bond donors (Lipinski definition) is 1. The summed E-state index contributed by atoms with van der Waals surface area (Å²) in [5.41, 5.74) is 0.169. The first-order chi connectivity index (χ1) is 15.0. The summed E-state index contributed by atoms with van der Waals surface area (Å²) in [5.74, 6) is 0.138. The number of nitrogens with one attached hydrogen (secondary N) is 1. The zero-order valence-corrected chi connectivity index (χ0v) is 17.5. The lowest BCUT2D eigenvalue weighted by molar-refractivity contribution is -0.117. The Hall–Kier alpha value is -3.37. The fourth-order valence-corrected chi connectivity index (χ4v) is 3.37. The van der Waals surface area contributed by atoms with Crippen LogP contribution in [0.15, 0.2) is 42.7 Å². The van der Waals surface area contributed by atoms with Crippen LogP contribution in [0.2, 0.25) is 0 Å². The molecular formula is C21H24FN7O2. The number of ether oxygens (including phenoxy) is 1. The van der Waals surface area contributed by atoms with Gasteiger partial charge in [0.2, 0.25) is 5.91 Å². The number of nitrogens with zero attached hydrogens (tertiary/aromatic N) is 6. The van der Waals surface area contributed by atoms with E-state index in [9.17, 15) is 9.18 Å². The minimum absolute atomic E-state index is 0.0891. The third-order valence-corrected chi connectivity index (χ3v) is 5.11. The second-order valence-electron chi connectivity index (χ2n) is 7.34. The third-order valence-electron chi connectivity index (χ3n) is 5.11. The van der Waals surface area contributed by atoms with Gasteiger partial charge in [0.05, 0.1) is 19.2 Å². The quantitative estimate of drug-likeness (QED) is 0.643. The van der Waals surface area contributed by atoms with E-state index in [1.807, 2.05) is 0 Å². The van der Waals surface area contributed by atoms with Gasteiger partial charge >= 0.3 is 0 Å². The van der Waals surface area contributed by atoms with Gasteiger partial charge in [-0.15, -0.1) is 0 Å². The average Bonchev–Trinajstić information content (AvgIpc) is 3.30. The average molecular weight is 425 g/mol. The molecule has 1 saturated heterocycles. The van der Waals surface area contributed by atoms with Crippen molar-refractivity contribution in [2.75, 3.05) is 52.2 Å². The van der Waals surface area contributed by atoms with Crippen LogP contribution in [0.3, 0.4) is 0 Å². The van der Waals surface area contributed by atoms with Gasteiger partial charge in [-0.25, -0.2) is 19.0 Å². The third kappa shape index (κ3) is 4.86. The number of hydrogen-bond acceptors (Lipinski definition) is 7. The van der Waals surface area contributed by atoms with Crippen molar-refractivity contribution in [3.63, 3.8) is 0 Å². The van der Waals surface area contributed by atoms with E-state index in [0.29, 0.717) is 5.82 Å². The fourth-order valence-electron chi connectivity index (χ4n) is 3.37. The Labute approximate surface area is 179 Å². The first-order valence-corrected chi connectivity index (χ1v) is 9.96. The van der Waals surface area contributed by atoms with Crippen molar-refractivity contribution in [3.8, 4) is 23.0 Å². The predicted octanol–water partition coefficient (Wildman–Crippen LogP) is 1.66. The molecule has 1 fully saturated rings. The molecule has 0 radical (unpaired) electrons. The number of anilines is 1. The first-order valence-electron chi connectivity index (χ1n) is 9.96. The second-order valence-corrected chi connectivity index (χ2v) is 7.34. The Bertz CT molecular complexity index is 1050. The van der Waals surface area contributed by atoms with Crippen LogP contribution in [0, 0.1) is 5.82 Å². The second kappa shape index (κ2) is 9.19. The Kier molecular flexibility index (Phi) is 6.19. The molecule has 0 atom stereocenters. The van der Waals surface area contributed by atoms with Crippen LogP contribution in [0.5, 0.6) is 5.75 Å². The summed E-state index contributed by atoms with van der Waals surface area (Å²) in [6.07, 6.45) is 3.32. The maximum atomic E-state index is 14.8. The molecule has 0 saturated carbocycles. The first kappa shape index (κ1) is 20.9. The van der Waals surface area contributed by atoms with Crippen LogP contribution < -0.4 is 10.1 Å². The largest absolute Gasteiger partial charge is 0.494 e. The number of halogens is 1. The normalized spacial score (nSPS) is 15.1. The molecule has 0 spiro atoms. The molecule has 1 amide bonds. The number of amides is 1. The van der Waals surface area contributed by atoms with Gasteiger partial charge < -0.3 is 15.0 Å². The van der Waals surface area contributed by atoms with E-state index in [1.54, 1.807) is 36.7 Å². The topological polar surface area (TPSA) is 88.4 Å². The number of rotatable bonds is 6. The highest BCUT2D eigenvalue weighted by atomic mass is 19.1. The van der Waals surface area contributed by atoms with Crippen LogP contribution in [0.4, 0.5) is 10.2 Å². The van der Waals surface area contributed by atoms with Gasteiger partial charge in [-0.05, 0) is 25.2 Å². The van der Waals surface area contributed by atoms with Crippen LogP contribution in [-0.2, 0) is 4.79 Å². The van der Waals surface area contributed by atoms with E-state index in [0.717, 1.165) is 26.2 Å². The molecule has 1 N–H and O–H groups in total. The lowest BCUT2D eigenvalue weighted by Gasteiger charge is -2.31. The minimum Gasteiger partial charge on any atom is -0.494 e. The number of methoxy groups -OCH3 is 1. The van der Waals surface area contributed by atoms with E-state index in [1.165, 1.54) is 17.9 Å². The van der Waals surface area contributed by atoms with Gasteiger partial charge in [0, 0.05) is 44.6 Å². The Morgan fingerprint density at radius 1 is 1.19 bits per heavy atom. The molecule has 0 bridgehead atoms. The number of likely N-dealkylation sites (N-methyl/N-ethyl adjacent to an activating group) is 1. The highest BCUT2D eigenvalue weighted by Crippen LogP contribution is 2.28. The van der Waals surface area contributed by atoms with Crippen molar-refractivity contribution < 1.29 is 13.9 Å². The zero-order chi connectivity index (χ0) is 21.8. The number of benzene rings is 1. The number of carbonyl (C=O) groups is 1. The van der Waals surface area contributed by atoms with E-state index < -0.39 is 5.82 Å².